The standard InChI is InChI=1S/C20H23ClN4O4/c1-4-24(12-20(27)23-17-10-15(21)9-8-13(17)2)11-19(26)22-16-6-5-7-18(14(16)3)25(28)29/h5-10H,4,11-12H2,1-3H3,(H,22,26)(H,23,27). The fraction of sp³-hybridized carbons (Fsp3) is 0.300. The van der Waals surface area contributed by atoms with Crippen molar-refractivity contribution in [2.24, 2.45) is 0 Å². The van der Waals surface area contributed by atoms with E-state index in [0.717, 1.165) is 5.56 Å². The third kappa shape index (κ3) is 6.27. The molecule has 29 heavy (non-hydrogen) atoms. The monoisotopic (exact) mass is 418 g/mol. The van der Waals surface area contributed by atoms with Gasteiger partial charge in [-0.3, -0.25) is 24.6 Å². The maximum Gasteiger partial charge on any atom is 0.274 e. The highest BCUT2D eigenvalue weighted by Gasteiger charge is 2.17. The molecule has 0 spiro atoms. The Hall–Kier alpha value is -2.97. The number of aryl methyl sites for hydroxylation is 1. The highest BCUT2D eigenvalue weighted by atomic mass is 35.5. The predicted octanol–water partition coefficient (Wildman–Crippen LogP) is 3.76. The molecular formula is C20H23ClN4O4. The topological polar surface area (TPSA) is 105 Å². The number of nitrogens with one attached hydrogen (secondary N) is 2. The van der Waals surface area contributed by atoms with Gasteiger partial charge in [-0.2, -0.15) is 0 Å². The van der Waals surface area contributed by atoms with Crippen LogP contribution in [0, 0.1) is 24.0 Å². The highest BCUT2D eigenvalue weighted by molar-refractivity contribution is 6.31. The molecule has 2 aromatic carbocycles. The molecule has 2 amide bonds. The molecule has 0 aromatic heterocycles. The van der Waals surface area contributed by atoms with E-state index in [1.54, 1.807) is 30.0 Å². The third-order valence-corrected chi connectivity index (χ3v) is 4.67. The molecule has 0 heterocycles. The molecule has 0 fully saturated rings. The Balaban J connectivity index is 1.98. The van der Waals surface area contributed by atoms with Gasteiger partial charge in [0.25, 0.3) is 5.69 Å². The quantitative estimate of drug-likeness (QED) is 0.501. The molecule has 0 atom stereocenters. The number of hydrogen-bond donors (Lipinski definition) is 2. The summed E-state index contributed by atoms with van der Waals surface area (Å²) >= 11 is 5.97. The van der Waals surface area contributed by atoms with Gasteiger partial charge in [0.05, 0.1) is 29.3 Å². The number of carbonyl (C=O) groups is 2. The van der Waals surface area contributed by atoms with E-state index < -0.39 is 4.92 Å². The molecule has 0 radical (unpaired) electrons. The first-order chi connectivity index (χ1) is 13.7. The largest absolute Gasteiger partial charge is 0.325 e. The lowest BCUT2D eigenvalue weighted by Crippen LogP contribution is -2.38. The Bertz CT molecular complexity index is 933. The van der Waals surface area contributed by atoms with Gasteiger partial charge in [-0.05, 0) is 44.2 Å². The number of likely N-dealkylation sites (N-methyl/N-ethyl adjacent to an activating group) is 1. The van der Waals surface area contributed by atoms with E-state index in [-0.39, 0.29) is 30.6 Å². The van der Waals surface area contributed by atoms with Crippen LogP contribution in [0.3, 0.4) is 0 Å². The molecule has 154 valence electrons. The summed E-state index contributed by atoms with van der Waals surface area (Å²) < 4.78 is 0. The van der Waals surface area contributed by atoms with Crippen LogP contribution in [-0.2, 0) is 9.59 Å². The van der Waals surface area contributed by atoms with Crippen LogP contribution < -0.4 is 10.6 Å². The zero-order valence-corrected chi connectivity index (χ0v) is 17.2. The molecule has 2 aromatic rings. The second kappa shape index (κ2) is 9.99. The molecule has 0 aliphatic rings. The van der Waals surface area contributed by atoms with Crippen molar-refractivity contribution in [1.82, 2.24) is 4.90 Å². The molecule has 9 heteroatoms. The Morgan fingerprint density at radius 3 is 2.28 bits per heavy atom. The number of anilines is 2. The number of halogens is 1. The lowest BCUT2D eigenvalue weighted by molar-refractivity contribution is -0.385. The number of benzene rings is 2. The minimum absolute atomic E-state index is 0.0177. The van der Waals surface area contributed by atoms with Crippen molar-refractivity contribution in [3.8, 4) is 0 Å². The first-order valence-corrected chi connectivity index (χ1v) is 9.41. The minimum Gasteiger partial charge on any atom is -0.325 e. The van der Waals surface area contributed by atoms with Crippen molar-refractivity contribution in [3.05, 3.63) is 62.7 Å². The van der Waals surface area contributed by atoms with Crippen LogP contribution in [0.5, 0.6) is 0 Å². The molecule has 2 rings (SSSR count). The number of hydrogen-bond acceptors (Lipinski definition) is 5. The average Bonchev–Trinajstić information content (AvgIpc) is 2.65. The lowest BCUT2D eigenvalue weighted by atomic mass is 10.1. The van der Waals surface area contributed by atoms with Crippen molar-refractivity contribution in [2.75, 3.05) is 30.3 Å². The number of amides is 2. The fourth-order valence-corrected chi connectivity index (χ4v) is 2.92. The van der Waals surface area contributed by atoms with Crippen molar-refractivity contribution in [3.63, 3.8) is 0 Å². The summed E-state index contributed by atoms with van der Waals surface area (Å²) in [5.41, 5.74) is 2.19. The van der Waals surface area contributed by atoms with E-state index in [4.69, 9.17) is 11.6 Å². The second-order valence-electron chi connectivity index (χ2n) is 6.57. The van der Waals surface area contributed by atoms with Gasteiger partial charge in [0.15, 0.2) is 0 Å². The maximum absolute atomic E-state index is 12.4. The minimum atomic E-state index is -0.495. The van der Waals surface area contributed by atoms with Crippen molar-refractivity contribution < 1.29 is 14.5 Å². The zero-order chi connectivity index (χ0) is 21.6. The van der Waals surface area contributed by atoms with E-state index in [1.165, 1.54) is 12.1 Å². The van der Waals surface area contributed by atoms with Crippen molar-refractivity contribution >= 4 is 40.5 Å². The highest BCUT2D eigenvalue weighted by Crippen LogP contribution is 2.25. The van der Waals surface area contributed by atoms with Crippen LogP contribution in [0.1, 0.15) is 18.1 Å². The van der Waals surface area contributed by atoms with Gasteiger partial charge in [0, 0.05) is 16.8 Å². The zero-order valence-electron chi connectivity index (χ0n) is 16.5. The SMILES string of the molecule is CCN(CC(=O)Nc1cc(Cl)ccc1C)CC(=O)Nc1cccc([N+](=O)[O-])c1C. The summed E-state index contributed by atoms with van der Waals surface area (Å²) in [5, 5.41) is 17.0. The molecular weight excluding hydrogens is 396 g/mol. The summed E-state index contributed by atoms with van der Waals surface area (Å²) in [6, 6.07) is 9.72. The summed E-state index contributed by atoms with van der Waals surface area (Å²) in [5.74, 6) is -0.626. The molecule has 0 bridgehead atoms. The second-order valence-corrected chi connectivity index (χ2v) is 7.00. The van der Waals surface area contributed by atoms with E-state index in [1.807, 2.05) is 19.9 Å². The molecule has 2 N–H and O–H groups in total. The molecule has 0 aliphatic heterocycles. The molecule has 8 nitrogen and oxygen atoms in total. The first kappa shape index (κ1) is 22.3. The van der Waals surface area contributed by atoms with Gasteiger partial charge in [-0.25, -0.2) is 0 Å². The third-order valence-electron chi connectivity index (χ3n) is 4.43. The number of rotatable bonds is 8. The van der Waals surface area contributed by atoms with Crippen LogP contribution >= 0.6 is 11.6 Å². The van der Waals surface area contributed by atoms with Gasteiger partial charge in [0.1, 0.15) is 0 Å². The first-order valence-electron chi connectivity index (χ1n) is 9.03. The fourth-order valence-electron chi connectivity index (χ4n) is 2.75. The van der Waals surface area contributed by atoms with Crippen molar-refractivity contribution in [1.29, 1.82) is 0 Å². The van der Waals surface area contributed by atoms with Gasteiger partial charge in [0.2, 0.25) is 11.8 Å². The van der Waals surface area contributed by atoms with Crippen LogP contribution in [0.15, 0.2) is 36.4 Å². The smallest absolute Gasteiger partial charge is 0.274 e. The van der Waals surface area contributed by atoms with Crippen LogP contribution in [-0.4, -0.2) is 41.3 Å². The van der Waals surface area contributed by atoms with Crippen LogP contribution in [0.25, 0.3) is 0 Å². The van der Waals surface area contributed by atoms with Gasteiger partial charge in [-0.15, -0.1) is 0 Å². The predicted molar refractivity (Wildman–Crippen MR) is 113 cm³/mol. The van der Waals surface area contributed by atoms with Gasteiger partial charge in [-0.1, -0.05) is 30.7 Å². The lowest BCUT2D eigenvalue weighted by Gasteiger charge is -2.20. The Labute approximate surface area is 174 Å². The molecule has 0 saturated carbocycles. The van der Waals surface area contributed by atoms with Gasteiger partial charge >= 0.3 is 0 Å². The van der Waals surface area contributed by atoms with Crippen molar-refractivity contribution in [2.45, 2.75) is 20.8 Å². The van der Waals surface area contributed by atoms with E-state index >= 15 is 0 Å². The summed E-state index contributed by atoms with van der Waals surface area (Å²) in [7, 11) is 0. The van der Waals surface area contributed by atoms with E-state index in [2.05, 4.69) is 10.6 Å². The van der Waals surface area contributed by atoms with Crippen LogP contribution in [0.2, 0.25) is 5.02 Å². The maximum atomic E-state index is 12.4. The normalized spacial score (nSPS) is 10.7. The Kier molecular flexibility index (Phi) is 7.69. The number of nitro benzene ring substituents is 1. The molecule has 0 saturated heterocycles. The Morgan fingerprint density at radius 1 is 1.07 bits per heavy atom. The number of nitro groups is 1. The molecule has 0 unspecified atom stereocenters. The number of carbonyl (C=O) groups excluding carboxylic acids is 2. The van der Waals surface area contributed by atoms with E-state index in [9.17, 15) is 19.7 Å². The molecule has 0 aliphatic carbocycles. The van der Waals surface area contributed by atoms with Gasteiger partial charge < -0.3 is 10.6 Å². The van der Waals surface area contributed by atoms with E-state index in [0.29, 0.717) is 28.5 Å². The summed E-state index contributed by atoms with van der Waals surface area (Å²) in [6.45, 7) is 5.74. The Morgan fingerprint density at radius 2 is 1.69 bits per heavy atom. The summed E-state index contributed by atoms with van der Waals surface area (Å²) in [6.07, 6.45) is 0. The van der Waals surface area contributed by atoms with Crippen LogP contribution in [0.4, 0.5) is 17.1 Å². The summed E-state index contributed by atoms with van der Waals surface area (Å²) in [4.78, 5) is 36.9. The average molecular weight is 419 g/mol. The number of nitrogens with zero attached hydrogens (tertiary/aromatic N) is 2.